The van der Waals surface area contributed by atoms with Gasteiger partial charge in [0.05, 0.1) is 18.8 Å². The smallest absolute Gasteiger partial charge is 0.336 e. The molecule has 0 aromatic rings. The zero-order valence-electron chi connectivity index (χ0n) is 6.73. The van der Waals surface area contributed by atoms with Gasteiger partial charge < -0.3 is 14.2 Å². The first-order chi connectivity index (χ1) is 5.83. The summed E-state index contributed by atoms with van der Waals surface area (Å²) in [6, 6.07) is 0. The van der Waals surface area contributed by atoms with Crippen LogP contribution in [0.2, 0.25) is 0 Å². The highest BCUT2D eigenvalue weighted by atomic mass is 16.7. The molecule has 0 N–H and O–H groups in total. The lowest BCUT2D eigenvalue weighted by atomic mass is 9.97. The monoisotopic (exact) mass is 170 g/mol. The summed E-state index contributed by atoms with van der Waals surface area (Å²) in [4.78, 5) is 11.1. The third-order valence-corrected chi connectivity index (χ3v) is 1.98. The van der Waals surface area contributed by atoms with Crippen molar-refractivity contribution in [1.82, 2.24) is 0 Å². The number of hydrogen-bond donors (Lipinski definition) is 0. The van der Waals surface area contributed by atoms with Crippen LogP contribution in [-0.4, -0.2) is 25.0 Å². The van der Waals surface area contributed by atoms with E-state index in [1.807, 2.05) is 6.08 Å². The van der Waals surface area contributed by atoms with Crippen molar-refractivity contribution in [3.05, 3.63) is 12.3 Å². The number of esters is 1. The average Bonchev–Trinajstić information content (AvgIpc) is 2.33. The Kier molecular flexibility index (Phi) is 1.77. The molecule has 2 aliphatic rings. The molecular weight excluding hydrogens is 160 g/mol. The highest BCUT2D eigenvalue weighted by Gasteiger charge is 2.49. The predicted octanol–water partition coefficient (Wildman–Crippen LogP) is 0.434. The quantitative estimate of drug-likeness (QED) is 0.564. The first-order valence-electron chi connectivity index (χ1n) is 3.97. The second kappa shape index (κ2) is 2.79. The molecule has 2 rings (SSSR count). The van der Waals surface area contributed by atoms with E-state index in [1.165, 1.54) is 0 Å². The predicted molar refractivity (Wildman–Crippen MR) is 39.0 cm³/mol. The Morgan fingerprint density at radius 3 is 3.17 bits per heavy atom. The first-order valence-corrected chi connectivity index (χ1v) is 3.97. The summed E-state index contributed by atoms with van der Waals surface area (Å²) in [6.45, 7) is 2.16. The molecule has 0 spiro atoms. The minimum atomic E-state index is -0.450. The minimum absolute atomic E-state index is 0.0593. The number of fused-ring (bicyclic) bond motifs is 1. The van der Waals surface area contributed by atoms with Crippen LogP contribution in [0.1, 0.15) is 6.92 Å². The number of rotatable bonds is 2. The fourth-order valence-electron chi connectivity index (χ4n) is 1.34. The molecule has 1 fully saturated rings. The molecule has 3 atom stereocenters. The largest absolute Gasteiger partial charge is 0.472 e. The van der Waals surface area contributed by atoms with Crippen molar-refractivity contribution >= 4 is 5.97 Å². The van der Waals surface area contributed by atoms with Gasteiger partial charge in [-0.1, -0.05) is 0 Å². The summed E-state index contributed by atoms with van der Waals surface area (Å²) >= 11 is 0. The molecule has 0 aliphatic carbocycles. The van der Waals surface area contributed by atoms with Crippen LogP contribution in [0.25, 0.3) is 0 Å². The molecule has 0 unspecified atom stereocenters. The number of carbonyl (C=O) groups is 1. The van der Waals surface area contributed by atoms with E-state index in [1.54, 1.807) is 13.2 Å². The van der Waals surface area contributed by atoms with Crippen LogP contribution >= 0.6 is 0 Å². The van der Waals surface area contributed by atoms with Crippen LogP contribution in [0.15, 0.2) is 12.3 Å². The van der Waals surface area contributed by atoms with Gasteiger partial charge in [-0.25, -0.2) is 4.79 Å². The molecule has 4 nitrogen and oxygen atoms in total. The summed E-state index contributed by atoms with van der Waals surface area (Å²) in [5.41, 5.74) is 0. The first kappa shape index (κ1) is 7.61. The molecule has 0 saturated carbocycles. The highest BCUT2D eigenvalue weighted by molar-refractivity contribution is 5.76. The van der Waals surface area contributed by atoms with Crippen molar-refractivity contribution in [2.24, 2.45) is 5.92 Å². The van der Waals surface area contributed by atoms with E-state index in [-0.39, 0.29) is 18.2 Å². The van der Waals surface area contributed by atoms with E-state index >= 15 is 0 Å². The average molecular weight is 170 g/mol. The van der Waals surface area contributed by atoms with Gasteiger partial charge in [-0.3, -0.25) is 0 Å². The van der Waals surface area contributed by atoms with Crippen molar-refractivity contribution < 1.29 is 19.0 Å². The molecular formula is C8H10O4. The summed E-state index contributed by atoms with van der Waals surface area (Å²) < 4.78 is 14.9. The van der Waals surface area contributed by atoms with Gasteiger partial charge >= 0.3 is 5.97 Å². The molecule has 2 aliphatic heterocycles. The van der Waals surface area contributed by atoms with Crippen LogP contribution in [0.5, 0.6) is 0 Å². The van der Waals surface area contributed by atoms with Gasteiger partial charge in [-0.15, -0.1) is 0 Å². The van der Waals surface area contributed by atoms with Crippen LogP contribution in [0, 0.1) is 5.92 Å². The Labute approximate surface area is 70.1 Å². The number of ether oxygens (including phenoxy) is 3. The van der Waals surface area contributed by atoms with Crippen molar-refractivity contribution in [2.45, 2.75) is 19.3 Å². The minimum Gasteiger partial charge on any atom is -0.472 e. The Morgan fingerprint density at radius 2 is 2.50 bits per heavy atom. The van der Waals surface area contributed by atoms with Gasteiger partial charge in [0.25, 0.3) is 0 Å². The number of hydrogen-bond acceptors (Lipinski definition) is 4. The van der Waals surface area contributed by atoms with Crippen molar-refractivity contribution in [3.8, 4) is 0 Å². The van der Waals surface area contributed by atoms with E-state index in [4.69, 9.17) is 14.2 Å². The summed E-state index contributed by atoms with van der Waals surface area (Å²) in [5.74, 6) is -0.238. The van der Waals surface area contributed by atoms with Gasteiger partial charge in [0, 0.05) is 0 Å². The molecule has 0 radical (unpaired) electrons. The van der Waals surface area contributed by atoms with Gasteiger partial charge in [0.15, 0.2) is 6.10 Å². The number of carbonyl (C=O) groups excluding carboxylic acids is 1. The standard InChI is InChI=1S/C8H10O4/c1-2-10-7(9)6-5-3-4-11-8(5)12-6/h3-6,8H,2H2,1H3/t5-,6+,8+/m0/s1. The van der Waals surface area contributed by atoms with E-state index < -0.39 is 6.10 Å². The van der Waals surface area contributed by atoms with Crippen LogP contribution in [0.3, 0.4) is 0 Å². The van der Waals surface area contributed by atoms with E-state index in [2.05, 4.69) is 0 Å². The second-order valence-corrected chi connectivity index (χ2v) is 2.72. The highest BCUT2D eigenvalue weighted by Crippen LogP contribution is 2.35. The van der Waals surface area contributed by atoms with Crippen molar-refractivity contribution in [1.29, 1.82) is 0 Å². The summed E-state index contributed by atoms with van der Waals surface area (Å²) in [6.07, 6.45) is 2.69. The Balaban J connectivity index is 1.91. The SMILES string of the molecule is CCOC(=O)[C@@H]1O[C@H]2OC=C[C@H]21. The molecule has 4 heteroatoms. The topological polar surface area (TPSA) is 44.8 Å². The van der Waals surface area contributed by atoms with Gasteiger partial charge in [0.2, 0.25) is 6.29 Å². The molecule has 1 saturated heterocycles. The third kappa shape index (κ3) is 0.992. The second-order valence-electron chi connectivity index (χ2n) is 2.72. The normalized spacial score (nSPS) is 36.6. The Hall–Kier alpha value is -1.03. The van der Waals surface area contributed by atoms with Gasteiger partial charge in [-0.2, -0.15) is 0 Å². The van der Waals surface area contributed by atoms with E-state index in [0.29, 0.717) is 6.61 Å². The van der Waals surface area contributed by atoms with Crippen LogP contribution < -0.4 is 0 Å². The van der Waals surface area contributed by atoms with Gasteiger partial charge in [-0.05, 0) is 13.0 Å². The van der Waals surface area contributed by atoms with E-state index in [0.717, 1.165) is 0 Å². The summed E-state index contributed by atoms with van der Waals surface area (Å²) in [5, 5.41) is 0. The fourth-order valence-corrected chi connectivity index (χ4v) is 1.34. The summed E-state index contributed by atoms with van der Waals surface area (Å²) in [7, 11) is 0. The maximum atomic E-state index is 11.1. The lowest BCUT2D eigenvalue weighted by Crippen LogP contribution is -2.51. The van der Waals surface area contributed by atoms with Gasteiger partial charge in [0.1, 0.15) is 0 Å². The lowest BCUT2D eigenvalue weighted by Gasteiger charge is -2.36. The van der Waals surface area contributed by atoms with E-state index in [9.17, 15) is 4.79 Å². The van der Waals surface area contributed by atoms with Crippen LogP contribution in [-0.2, 0) is 19.0 Å². The van der Waals surface area contributed by atoms with Crippen molar-refractivity contribution in [3.63, 3.8) is 0 Å². The lowest BCUT2D eigenvalue weighted by molar-refractivity contribution is -0.257. The van der Waals surface area contributed by atoms with Crippen LogP contribution in [0.4, 0.5) is 0 Å². The maximum absolute atomic E-state index is 11.1. The maximum Gasteiger partial charge on any atom is 0.336 e. The molecule has 2 heterocycles. The zero-order valence-corrected chi connectivity index (χ0v) is 6.73. The molecule has 0 aromatic heterocycles. The third-order valence-electron chi connectivity index (χ3n) is 1.98. The Morgan fingerprint density at radius 1 is 1.67 bits per heavy atom. The molecule has 0 aromatic carbocycles. The fraction of sp³-hybridized carbons (Fsp3) is 0.625. The molecule has 66 valence electrons. The Bertz CT molecular complexity index is 223. The molecule has 0 bridgehead atoms. The molecule has 12 heavy (non-hydrogen) atoms. The zero-order chi connectivity index (χ0) is 8.55. The van der Waals surface area contributed by atoms with Crippen molar-refractivity contribution in [2.75, 3.05) is 6.61 Å². The molecule has 0 amide bonds.